The highest BCUT2D eigenvalue weighted by atomic mass is 35.5. The van der Waals surface area contributed by atoms with Gasteiger partial charge in [-0.05, 0) is 74.4 Å². The number of carbonyl (C=O) groups excluding carboxylic acids is 4. The normalized spacial score (nSPS) is 31.8. The molecular formula is C30H28ClFN2O5. The highest BCUT2D eigenvalue weighted by Crippen LogP contribution is 2.63. The van der Waals surface area contributed by atoms with Crippen molar-refractivity contribution in [1.29, 1.82) is 0 Å². The van der Waals surface area contributed by atoms with Crippen molar-refractivity contribution >= 4 is 40.9 Å². The maximum atomic E-state index is 14.3. The van der Waals surface area contributed by atoms with Crippen molar-refractivity contribution in [3.63, 3.8) is 0 Å². The zero-order valence-corrected chi connectivity index (χ0v) is 22.8. The lowest BCUT2D eigenvalue weighted by atomic mass is 9.51. The van der Waals surface area contributed by atoms with E-state index in [0.29, 0.717) is 17.5 Å². The first-order valence-electron chi connectivity index (χ1n) is 13.0. The number of anilines is 1. The Morgan fingerprint density at radius 3 is 2.31 bits per heavy atom. The number of amides is 4. The van der Waals surface area contributed by atoms with Gasteiger partial charge in [0.25, 0.3) is 0 Å². The summed E-state index contributed by atoms with van der Waals surface area (Å²) in [5.41, 5.74) is 1.86. The van der Waals surface area contributed by atoms with Crippen LogP contribution in [0, 0.1) is 48.8 Å². The maximum absolute atomic E-state index is 14.3. The third-order valence-electron chi connectivity index (χ3n) is 9.50. The minimum absolute atomic E-state index is 0.153. The van der Waals surface area contributed by atoms with Gasteiger partial charge in [-0.25, -0.2) is 9.29 Å². The Hall–Kier alpha value is -3.52. The molecule has 4 aliphatic rings. The molecule has 0 bridgehead atoms. The van der Waals surface area contributed by atoms with Gasteiger partial charge in [0.05, 0.1) is 33.9 Å². The molecular weight excluding hydrogens is 523 g/mol. The monoisotopic (exact) mass is 550 g/mol. The van der Waals surface area contributed by atoms with E-state index in [2.05, 4.69) is 0 Å². The number of phenolic OH excluding ortho intramolecular Hbond substituents is 1. The first-order valence-corrected chi connectivity index (χ1v) is 13.4. The highest BCUT2D eigenvalue weighted by molar-refractivity contribution is 6.31. The minimum Gasteiger partial charge on any atom is -0.507 e. The SMILES string of the molecule is Cc1cc(C2C3=CCC4C(=O)N(C)C(=O)C4C3CC3C(=O)N(c4ccc(F)c(Cl)c4)C(=O)C32C)cc(C)c1O. The van der Waals surface area contributed by atoms with Crippen LogP contribution in [0.1, 0.15) is 42.4 Å². The molecule has 0 aromatic heterocycles. The smallest absolute Gasteiger partial charge is 0.241 e. The van der Waals surface area contributed by atoms with Crippen molar-refractivity contribution in [2.45, 2.75) is 39.5 Å². The van der Waals surface area contributed by atoms with Gasteiger partial charge in [-0.15, -0.1) is 0 Å². The predicted molar refractivity (Wildman–Crippen MR) is 141 cm³/mol. The molecule has 0 spiro atoms. The van der Waals surface area contributed by atoms with E-state index in [4.69, 9.17) is 11.6 Å². The molecule has 7 nitrogen and oxygen atoms in total. The topological polar surface area (TPSA) is 95.0 Å². The van der Waals surface area contributed by atoms with Gasteiger partial charge >= 0.3 is 0 Å². The number of rotatable bonds is 2. The lowest BCUT2D eigenvalue weighted by molar-refractivity contribution is -0.138. The van der Waals surface area contributed by atoms with Gasteiger partial charge in [-0.2, -0.15) is 0 Å². The van der Waals surface area contributed by atoms with Gasteiger partial charge < -0.3 is 5.11 Å². The average Bonchev–Trinajstić information content (AvgIpc) is 3.23. The summed E-state index contributed by atoms with van der Waals surface area (Å²) in [7, 11) is 1.49. The Labute approximate surface area is 230 Å². The summed E-state index contributed by atoms with van der Waals surface area (Å²) in [6.07, 6.45) is 2.59. The summed E-state index contributed by atoms with van der Waals surface area (Å²) < 4.78 is 14.0. The van der Waals surface area contributed by atoms with Crippen molar-refractivity contribution in [3.8, 4) is 5.75 Å². The second-order valence-electron chi connectivity index (χ2n) is 11.5. The number of carbonyl (C=O) groups is 4. The van der Waals surface area contributed by atoms with E-state index >= 15 is 0 Å². The number of aromatic hydroxyl groups is 1. The number of hydrogen-bond donors (Lipinski definition) is 1. The lowest BCUT2D eigenvalue weighted by Gasteiger charge is -2.49. The minimum atomic E-state index is -1.22. The standard InChI is InChI=1S/C30H28ClFN2O5/c1-13-9-15(10-14(2)25(13)35)24-17-6-7-18-23(28(38)33(4)26(18)36)19(17)12-20-27(37)34(29(39)30(20,24)3)16-5-8-22(32)21(31)11-16/h5-6,8-11,18-20,23-24,35H,7,12H2,1-4H3. The van der Waals surface area contributed by atoms with Crippen LogP contribution in [0.15, 0.2) is 42.0 Å². The number of likely N-dealkylation sites (tertiary alicyclic amines) is 1. The molecule has 2 heterocycles. The fourth-order valence-corrected chi connectivity index (χ4v) is 7.75. The Balaban J connectivity index is 1.56. The highest BCUT2D eigenvalue weighted by Gasteiger charge is 2.67. The van der Waals surface area contributed by atoms with Gasteiger partial charge in [0.2, 0.25) is 23.6 Å². The van der Waals surface area contributed by atoms with Gasteiger partial charge in [0.15, 0.2) is 0 Å². The van der Waals surface area contributed by atoms with Crippen LogP contribution in [-0.2, 0) is 19.2 Å². The summed E-state index contributed by atoms with van der Waals surface area (Å²) in [4.78, 5) is 56.8. The number of nitrogens with zero attached hydrogens (tertiary/aromatic N) is 2. The molecule has 202 valence electrons. The van der Waals surface area contributed by atoms with E-state index in [1.807, 2.05) is 18.2 Å². The largest absolute Gasteiger partial charge is 0.507 e. The number of fused-ring (bicyclic) bond motifs is 4. The zero-order valence-electron chi connectivity index (χ0n) is 22.0. The third-order valence-corrected chi connectivity index (χ3v) is 9.79. The molecule has 6 atom stereocenters. The van der Waals surface area contributed by atoms with Crippen molar-refractivity contribution in [2.75, 3.05) is 11.9 Å². The first-order chi connectivity index (χ1) is 18.4. The molecule has 1 N–H and O–H groups in total. The van der Waals surface area contributed by atoms with Gasteiger partial charge in [0.1, 0.15) is 11.6 Å². The predicted octanol–water partition coefficient (Wildman–Crippen LogP) is 4.66. The van der Waals surface area contributed by atoms with Crippen LogP contribution >= 0.6 is 11.6 Å². The van der Waals surface area contributed by atoms with Crippen LogP contribution < -0.4 is 4.90 Å². The number of benzene rings is 2. The second kappa shape index (κ2) is 8.49. The lowest BCUT2D eigenvalue weighted by Crippen LogP contribution is -2.48. The molecule has 2 aromatic rings. The Morgan fingerprint density at radius 2 is 1.67 bits per heavy atom. The molecule has 39 heavy (non-hydrogen) atoms. The van der Waals surface area contributed by atoms with E-state index in [-0.39, 0.29) is 34.7 Å². The van der Waals surface area contributed by atoms with Gasteiger partial charge in [0, 0.05) is 13.0 Å². The van der Waals surface area contributed by atoms with Crippen molar-refractivity contribution in [2.24, 2.45) is 29.1 Å². The van der Waals surface area contributed by atoms with E-state index in [1.54, 1.807) is 20.8 Å². The first kappa shape index (κ1) is 25.7. The Morgan fingerprint density at radius 1 is 1.00 bits per heavy atom. The number of halogens is 2. The molecule has 1 saturated carbocycles. The molecule has 3 fully saturated rings. The molecule has 2 saturated heterocycles. The zero-order chi connectivity index (χ0) is 28.1. The molecule has 2 aliphatic heterocycles. The molecule has 6 rings (SSSR count). The number of phenols is 1. The fraction of sp³-hybridized carbons (Fsp3) is 0.400. The number of allylic oxidation sites excluding steroid dienone is 2. The fourth-order valence-electron chi connectivity index (χ4n) is 7.58. The molecule has 0 radical (unpaired) electrons. The van der Waals surface area contributed by atoms with Crippen molar-refractivity contribution in [3.05, 3.63) is 69.5 Å². The number of aryl methyl sites for hydroxylation is 2. The van der Waals surface area contributed by atoms with Crippen LogP contribution in [0.2, 0.25) is 5.02 Å². The van der Waals surface area contributed by atoms with Crippen LogP contribution in [0.4, 0.5) is 10.1 Å². The van der Waals surface area contributed by atoms with E-state index < -0.39 is 52.6 Å². The van der Waals surface area contributed by atoms with Gasteiger partial charge in [-0.1, -0.05) is 35.4 Å². The summed E-state index contributed by atoms with van der Waals surface area (Å²) in [5.74, 6) is -4.74. The number of imide groups is 2. The molecule has 4 amide bonds. The summed E-state index contributed by atoms with van der Waals surface area (Å²) >= 11 is 6.02. The van der Waals surface area contributed by atoms with Crippen LogP contribution in [0.25, 0.3) is 0 Å². The summed E-state index contributed by atoms with van der Waals surface area (Å²) in [6.45, 7) is 5.34. The van der Waals surface area contributed by atoms with Crippen molar-refractivity contribution in [1.82, 2.24) is 4.90 Å². The molecule has 6 unspecified atom stereocenters. The Bertz CT molecular complexity index is 1510. The third kappa shape index (κ3) is 3.33. The summed E-state index contributed by atoms with van der Waals surface area (Å²) in [5, 5.41) is 10.3. The molecule has 2 aliphatic carbocycles. The van der Waals surface area contributed by atoms with Crippen LogP contribution in [-0.4, -0.2) is 40.7 Å². The Kier molecular flexibility index (Phi) is 5.60. The second-order valence-corrected chi connectivity index (χ2v) is 11.9. The molecule has 2 aromatic carbocycles. The van der Waals surface area contributed by atoms with Gasteiger partial charge in [-0.3, -0.25) is 24.1 Å². The van der Waals surface area contributed by atoms with E-state index in [1.165, 1.54) is 24.1 Å². The quantitative estimate of drug-likeness (QED) is 0.433. The van der Waals surface area contributed by atoms with Crippen LogP contribution in [0.5, 0.6) is 5.75 Å². The maximum Gasteiger partial charge on any atom is 0.241 e. The number of hydrogen-bond acceptors (Lipinski definition) is 5. The molecule has 9 heteroatoms. The summed E-state index contributed by atoms with van der Waals surface area (Å²) in [6, 6.07) is 7.41. The average molecular weight is 551 g/mol. The van der Waals surface area contributed by atoms with Crippen LogP contribution in [0.3, 0.4) is 0 Å². The van der Waals surface area contributed by atoms with E-state index in [0.717, 1.165) is 22.1 Å². The van der Waals surface area contributed by atoms with Crippen molar-refractivity contribution < 1.29 is 28.7 Å². The van der Waals surface area contributed by atoms with E-state index in [9.17, 15) is 28.7 Å².